The van der Waals surface area contributed by atoms with Gasteiger partial charge >= 0.3 is 0 Å². The van der Waals surface area contributed by atoms with E-state index in [2.05, 4.69) is 27.9 Å². The van der Waals surface area contributed by atoms with E-state index < -0.39 is 0 Å². The van der Waals surface area contributed by atoms with Crippen LogP contribution in [0.2, 0.25) is 5.02 Å². The first-order valence-electron chi connectivity index (χ1n) is 14.2. The van der Waals surface area contributed by atoms with Gasteiger partial charge in [-0.25, -0.2) is 0 Å². The summed E-state index contributed by atoms with van der Waals surface area (Å²) in [5.74, 6) is 0.817. The number of halogens is 1. The lowest BCUT2D eigenvalue weighted by Gasteiger charge is -2.32. The third kappa shape index (κ3) is 7.43. The average Bonchev–Trinajstić information content (AvgIpc) is 3.02. The van der Waals surface area contributed by atoms with Gasteiger partial charge < -0.3 is 15.4 Å². The van der Waals surface area contributed by atoms with Gasteiger partial charge in [0.05, 0.1) is 12.8 Å². The van der Waals surface area contributed by atoms with Crippen LogP contribution in [-0.4, -0.2) is 41.9 Å². The Bertz CT molecular complexity index is 1540. The van der Waals surface area contributed by atoms with E-state index >= 15 is 0 Å². The largest absolute Gasteiger partial charge is 0.497 e. The summed E-state index contributed by atoms with van der Waals surface area (Å²) in [5, 5.41) is 12.7. The minimum Gasteiger partial charge on any atom is -0.497 e. The molecule has 4 aromatic rings. The molecular formula is C33H35ClN4O3S. The normalized spacial score (nSPS) is 17.4. The predicted octanol–water partition coefficient (Wildman–Crippen LogP) is 5.88. The van der Waals surface area contributed by atoms with Crippen LogP contribution in [0, 0.1) is 5.92 Å². The van der Waals surface area contributed by atoms with E-state index in [0.29, 0.717) is 39.9 Å². The Morgan fingerprint density at radius 2 is 1.86 bits per heavy atom. The molecule has 1 aromatic heterocycles. The SMILES string of the molecule is COc1ccc(-n2nc(Sc3ccc(Cl)cc3)cc(CC[C@@H](C)NC(=O)[C@H]3CCNC[C@@H]3c3ccccc3)c2=O)cc1. The monoisotopic (exact) mass is 602 g/mol. The first-order chi connectivity index (χ1) is 20.4. The van der Waals surface area contributed by atoms with Crippen molar-refractivity contribution in [1.82, 2.24) is 20.4 Å². The van der Waals surface area contributed by atoms with Crippen molar-refractivity contribution >= 4 is 29.3 Å². The van der Waals surface area contributed by atoms with Gasteiger partial charge in [-0.2, -0.15) is 9.78 Å². The Morgan fingerprint density at radius 1 is 1.12 bits per heavy atom. The Morgan fingerprint density at radius 3 is 2.57 bits per heavy atom. The van der Waals surface area contributed by atoms with Gasteiger partial charge in [0, 0.05) is 39.9 Å². The van der Waals surface area contributed by atoms with E-state index in [1.54, 1.807) is 7.11 Å². The van der Waals surface area contributed by atoms with Crippen molar-refractivity contribution < 1.29 is 9.53 Å². The minimum atomic E-state index is -0.179. The maximum Gasteiger partial charge on any atom is 0.274 e. The fourth-order valence-electron chi connectivity index (χ4n) is 5.29. The van der Waals surface area contributed by atoms with Gasteiger partial charge in [0.2, 0.25) is 5.91 Å². The smallest absolute Gasteiger partial charge is 0.274 e. The number of methoxy groups -OCH3 is 1. The number of hydrogen-bond acceptors (Lipinski definition) is 6. The van der Waals surface area contributed by atoms with E-state index in [1.165, 1.54) is 22.0 Å². The maximum absolute atomic E-state index is 13.6. The zero-order valence-corrected chi connectivity index (χ0v) is 25.3. The molecule has 1 aliphatic rings. The zero-order chi connectivity index (χ0) is 29.5. The summed E-state index contributed by atoms with van der Waals surface area (Å²) in [7, 11) is 1.60. The lowest BCUT2D eigenvalue weighted by Crippen LogP contribution is -2.45. The molecule has 1 saturated heterocycles. The molecule has 2 N–H and O–H groups in total. The molecule has 0 radical (unpaired) electrons. The molecule has 5 rings (SSSR count). The summed E-state index contributed by atoms with van der Waals surface area (Å²) in [6.07, 6.45) is 1.92. The highest BCUT2D eigenvalue weighted by atomic mass is 35.5. The standard InChI is InChI=1S/C33H35ClN4O3S/c1-22(36-32(39)29-18-19-35-21-30(29)23-6-4-3-5-7-23)8-9-24-20-31(42-28-16-10-25(34)11-17-28)37-38(33(24)40)26-12-14-27(41-2)15-13-26/h3-7,10-17,20,22,29-30,35H,8-9,18-19,21H2,1-2H3,(H,36,39)/t22-,29+,30-/m1/s1. The molecule has 0 saturated carbocycles. The summed E-state index contributed by atoms with van der Waals surface area (Å²) in [6.45, 7) is 3.61. The lowest BCUT2D eigenvalue weighted by molar-refractivity contribution is -0.127. The number of carbonyl (C=O) groups is 1. The molecule has 218 valence electrons. The van der Waals surface area contributed by atoms with Gasteiger partial charge in [-0.1, -0.05) is 53.7 Å². The van der Waals surface area contributed by atoms with Crippen molar-refractivity contribution in [2.24, 2.45) is 5.92 Å². The number of aryl methyl sites for hydroxylation is 1. The van der Waals surface area contributed by atoms with Crippen LogP contribution in [-0.2, 0) is 11.2 Å². The Kier molecular flexibility index (Phi) is 10.00. The van der Waals surface area contributed by atoms with E-state index in [0.717, 1.165) is 24.4 Å². The van der Waals surface area contributed by atoms with Gasteiger partial charge in [-0.3, -0.25) is 9.59 Å². The molecule has 3 aromatic carbocycles. The fraction of sp³-hybridized carbons (Fsp3) is 0.303. The van der Waals surface area contributed by atoms with Crippen LogP contribution in [0.5, 0.6) is 5.75 Å². The molecular weight excluding hydrogens is 568 g/mol. The number of hydrogen-bond donors (Lipinski definition) is 2. The number of aromatic nitrogens is 2. The van der Waals surface area contributed by atoms with Crippen molar-refractivity contribution in [3.05, 3.63) is 111 Å². The van der Waals surface area contributed by atoms with Crippen LogP contribution in [0.3, 0.4) is 0 Å². The number of nitrogens with one attached hydrogen (secondary N) is 2. The van der Waals surface area contributed by atoms with Crippen molar-refractivity contribution in [2.75, 3.05) is 20.2 Å². The molecule has 0 bridgehead atoms. The molecule has 2 heterocycles. The molecule has 1 fully saturated rings. The first kappa shape index (κ1) is 29.9. The second-order valence-corrected chi connectivity index (χ2v) is 12.1. The minimum absolute atomic E-state index is 0.0715. The van der Waals surface area contributed by atoms with Crippen LogP contribution in [0.4, 0.5) is 0 Å². The number of piperidine rings is 1. The Balaban J connectivity index is 1.33. The first-order valence-corrected chi connectivity index (χ1v) is 15.4. The number of ether oxygens (including phenoxy) is 1. The maximum atomic E-state index is 13.6. The molecule has 0 spiro atoms. The van der Waals surface area contributed by atoms with Crippen LogP contribution < -0.4 is 20.9 Å². The third-order valence-corrected chi connectivity index (χ3v) is 8.77. The lowest BCUT2D eigenvalue weighted by atomic mass is 9.80. The van der Waals surface area contributed by atoms with Gasteiger partial charge in [-0.15, -0.1) is 0 Å². The molecule has 1 amide bonds. The van der Waals surface area contributed by atoms with Crippen LogP contribution in [0.15, 0.2) is 99.6 Å². The summed E-state index contributed by atoms with van der Waals surface area (Å²) in [4.78, 5) is 28.0. The summed E-state index contributed by atoms with van der Waals surface area (Å²) in [5.41, 5.74) is 2.29. The number of carbonyl (C=O) groups excluding carboxylic acids is 1. The average molecular weight is 603 g/mol. The number of nitrogens with zero attached hydrogens (tertiary/aromatic N) is 2. The second-order valence-electron chi connectivity index (χ2n) is 10.5. The summed E-state index contributed by atoms with van der Waals surface area (Å²) < 4.78 is 6.72. The van der Waals surface area contributed by atoms with Crippen molar-refractivity contribution in [3.8, 4) is 11.4 Å². The highest BCUT2D eigenvalue weighted by Gasteiger charge is 2.32. The van der Waals surface area contributed by atoms with E-state index in [9.17, 15) is 9.59 Å². The molecule has 0 unspecified atom stereocenters. The molecule has 9 heteroatoms. The zero-order valence-electron chi connectivity index (χ0n) is 23.8. The van der Waals surface area contributed by atoms with Crippen molar-refractivity contribution in [2.45, 2.75) is 48.1 Å². The fourth-order valence-corrected chi connectivity index (χ4v) is 6.25. The molecule has 0 aliphatic carbocycles. The molecule has 1 aliphatic heterocycles. The quantitative estimate of drug-likeness (QED) is 0.236. The van der Waals surface area contributed by atoms with Crippen LogP contribution >= 0.6 is 23.4 Å². The predicted molar refractivity (Wildman–Crippen MR) is 168 cm³/mol. The molecule has 3 atom stereocenters. The topological polar surface area (TPSA) is 85.2 Å². The van der Waals surface area contributed by atoms with Gasteiger partial charge in [0.25, 0.3) is 5.56 Å². The number of rotatable bonds is 10. The highest BCUT2D eigenvalue weighted by molar-refractivity contribution is 7.99. The van der Waals surface area contributed by atoms with E-state index in [4.69, 9.17) is 16.3 Å². The summed E-state index contributed by atoms with van der Waals surface area (Å²) in [6, 6.07) is 26.8. The van der Waals surface area contributed by atoms with Crippen LogP contribution in [0.25, 0.3) is 5.69 Å². The second kappa shape index (κ2) is 14.1. The van der Waals surface area contributed by atoms with Crippen molar-refractivity contribution in [1.29, 1.82) is 0 Å². The Labute approximate surface area is 255 Å². The van der Waals surface area contributed by atoms with E-state index in [1.807, 2.05) is 79.7 Å². The number of benzene rings is 3. The highest BCUT2D eigenvalue weighted by Crippen LogP contribution is 2.30. The van der Waals surface area contributed by atoms with E-state index in [-0.39, 0.29) is 29.3 Å². The Hall–Kier alpha value is -3.59. The molecule has 42 heavy (non-hydrogen) atoms. The van der Waals surface area contributed by atoms with Gasteiger partial charge in [-0.05, 0) is 92.9 Å². The van der Waals surface area contributed by atoms with Gasteiger partial charge in [0.1, 0.15) is 10.8 Å². The summed E-state index contributed by atoms with van der Waals surface area (Å²) >= 11 is 7.54. The van der Waals surface area contributed by atoms with Crippen LogP contribution in [0.1, 0.15) is 36.8 Å². The third-order valence-electron chi connectivity index (χ3n) is 7.60. The van der Waals surface area contributed by atoms with Crippen molar-refractivity contribution in [3.63, 3.8) is 0 Å². The number of amides is 1. The molecule has 7 nitrogen and oxygen atoms in total. The van der Waals surface area contributed by atoms with Gasteiger partial charge in [0.15, 0.2) is 0 Å².